The monoisotopic (exact) mass is 222 g/mol. The fourth-order valence-electron chi connectivity index (χ4n) is 1.82. The predicted octanol–water partition coefficient (Wildman–Crippen LogP) is 3.87. The van der Waals surface area contributed by atoms with Gasteiger partial charge in [0.15, 0.2) is 0 Å². The van der Waals surface area contributed by atoms with Crippen LogP contribution in [0.5, 0.6) is 0 Å². The molecule has 86 valence electrons. The van der Waals surface area contributed by atoms with Crippen molar-refractivity contribution >= 4 is 26.0 Å². The van der Waals surface area contributed by atoms with Gasteiger partial charge in [-0.15, -0.1) is 0 Å². The molecule has 0 aliphatic rings. The zero-order valence-corrected chi connectivity index (χ0v) is 13.0. The molecule has 0 aliphatic carbocycles. The van der Waals surface area contributed by atoms with E-state index in [4.69, 9.17) is 4.43 Å². The summed E-state index contributed by atoms with van der Waals surface area (Å²) in [4.78, 5) is 0. The average Bonchev–Trinajstić information content (AvgIpc) is 1.97. The Labute approximate surface area is 107 Å². The SMILES string of the molecule is [Li][CH2]C(C)(C)CO[Si](C)(C)CC(C)(C)C. The van der Waals surface area contributed by atoms with Crippen LogP contribution >= 0.6 is 0 Å². The van der Waals surface area contributed by atoms with Crippen LogP contribution in [0.4, 0.5) is 0 Å². The standard InChI is InChI=1S/C12H27OSi.Li/c1-11(2,3)9-13-14(7,8)10-12(4,5)6;/h1,9-10H2,2-8H3;. The Morgan fingerprint density at radius 1 is 1.07 bits per heavy atom. The first kappa shape index (κ1) is 15.8. The van der Waals surface area contributed by atoms with Gasteiger partial charge in [0.1, 0.15) is 0 Å². The molecule has 0 bridgehead atoms. The molecule has 0 aromatic rings. The summed E-state index contributed by atoms with van der Waals surface area (Å²) in [5.41, 5.74) is 0.730. The minimum atomic E-state index is -1.46. The van der Waals surface area contributed by atoms with Crippen molar-refractivity contribution in [2.75, 3.05) is 6.61 Å². The molecule has 0 N–H and O–H groups in total. The van der Waals surface area contributed by atoms with Crippen LogP contribution in [0.25, 0.3) is 0 Å². The summed E-state index contributed by atoms with van der Waals surface area (Å²) in [7, 11) is -1.46. The summed E-state index contributed by atoms with van der Waals surface area (Å²) >= 11 is 2.24. The second-order valence-electron chi connectivity index (χ2n) is 7.30. The molecule has 0 rings (SSSR count). The Morgan fingerprint density at radius 3 is 1.87 bits per heavy atom. The van der Waals surface area contributed by atoms with Crippen LogP contribution in [0, 0.1) is 10.8 Å². The maximum atomic E-state index is 6.20. The van der Waals surface area contributed by atoms with E-state index in [1.807, 2.05) is 0 Å². The van der Waals surface area contributed by atoms with E-state index in [-0.39, 0.29) is 0 Å². The van der Waals surface area contributed by atoms with Crippen molar-refractivity contribution in [3.63, 3.8) is 0 Å². The molecule has 0 spiro atoms. The summed E-state index contributed by atoms with van der Waals surface area (Å²) in [6.45, 7) is 17.1. The first-order valence-electron chi connectivity index (χ1n) is 6.11. The van der Waals surface area contributed by atoms with Gasteiger partial charge in [0.25, 0.3) is 0 Å². The predicted molar refractivity (Wildman–Crippen MR) is 72.0 cm³/mol. The van der Waals surface area contributed by atoms with Gasteiger partial charge < -0.3 is 0 Å². The molecule has 0 saturated carbocycles. The molecule has 0 aliphatic heterocycles. The van der Waals surface area contributed by atoms with Gasteiger partial charge >= 0.3 is 107 Å². The fraction of sp³-hybridized carbons (Fsp3) is 1.00. The van der Waals surface area contributed by atoms with E-state index in [0.717, 1.165) is 6.61 Å². The van der Waals surface area contributed by atoms with Gasteiger partial charge in [0, 0.05) is 0 Å². The van der Waals surface area contributed by atoms with Crippen molar-refractivity contribution in [2.24, 2.45) is 10.8 Å². The van der Waals surface area contributed by atoms with Crippen LogP contribution in [0.1, 0.15) is 34.6 Å². The molecule has 0 fully saturated rings. The molecular formula is C12H27LiOSi. The summed E-state index contributed by atoms with van der Waals surface area (Å²) in [6.07, 6.45) is 0. The zero-order chi connectivity index (χ0) is 12.3. The van der Waals surface area contributed by atoms with Gasteiger partial charge in [0.05, 0.1) is 0 Å². The van der Waals surface area contributed by atoms with Gasteiger partial charge in [-0.25, -0.2) is 0 Å². The number of rotatable bonds is 5. The summed E-state index contributed by atoms with van der Waals surface area (Å²) < 4.78 is 6.20. The molecule has 0 heterocycles. The van der Waals surface area contributed by atoms with E-state index >= 15 is 0 Å². The van der Waals surface area contributed by atoms with Crippen molar-refractivity contribution in [2.45, 2.75) is 58.9 Å². The van der Waals surface area contributed by atoms with Crippen LogP contribution in [-0.2, 0) is 4.43 Å². The van der Waals surface area contributed by atoms with Crippen molar-refractivity contribution in [3.05, 3.63) is 0 Å². The molecular weight excluding hydrogens is 195 g/mol. The Balaban J connectivity index is 4.16. The fourth-order valence-corrected chi connectivity index (χ4v) is 5.26. The zero-order valence-electron chi connectivity index (χ0n) is 12.0. The Morgan fingerprint density at radius 2 is 1.53 bits per heavy atom. The van der Waals surface area contributed by atoms with Crippen LogP contribution in [0.2, 0.25) is 24.2 Å². The third-order valence-corrected chi connectivity index (χ3v) is 5.60. The first-order chi connectivity index (χ1) is 6.47. The van der Waals surface area contributed by atoms with E-state index < -0.39 is 8.32 Å². The molecule has 1 nitrogen and oxygen atoms in total. The molecule has 0 atom stereocenters. The van der Waals surface area contributed by atoms with Gasteiger partial charge in [-0.3, -0.25) is 0 Å². The van der Waals surface area contributed by atoms with E-state index in [1.165, 1.54) is 11.1 Å². The van der Waals surface area contributed by atoms with E-state index in [2.05, 4.69) is 65.4 Å². The van der Waals surface area contributed by atoms with Gasteiger partial charge in [-0.2, -0.15) is 0 Å². The quantitative estimate of drug-likeness (QED) is 0.642. The minimum absolute atomic E-state index is 0.335. The van der Waals surface area contributed by atoms with Gasteiger partial charge in [0.2, 0.25) is 0 Å². The summed E-state index contributed by atoms with van der Waals surface area (Å²) in [5, 5.41) is 1.19. The topological polar surface area (TPSA) is 9.23 Å². The average molecular weight is 222 g/mol. The summed E-state index contributed by atoms with van der Waals surface area (Å²) in [6, 6.07) is 1.24. The normalized spacial score (nSPS) is 14.5. The summed E-state index contributed by atoms with van der Waals surface area (Å²) in [5.74, 6) is 0. The van der Waals surface area contributed by atoms with Crippen molar-refractivity contribution in [1.82, 2.24) is 0 Å². The molecule has 0 aromatic heterocycles. The third-order valence-electron chi connectivity index (χ3n) is 2.77. The van der Waals surface area contributed by atoms with Crippen molar-refractivity contribution in [1.29, 1.82) is 0 Å². The Kier molecular flexibility index (Phi) is 5.68. The Bertz CT molecular complexity index is 194. The molecule has 3 heteroatoms. The van der Waals surface area contributed by atoms with Crippen LogP contribution in [0.3, 0.4) is 0 Å². The Hall–Kier alpha value is 0.774. The molecule has 0 aromatic carbocycles. The molecule has 0 amide bonds. The van der Waals surface area contributed by atoms with Gasteiger partial charge in [-0.1, -0.05) is 0 Å². The number of hydrogen-bond acceptors (Lipinski definition) is 1. The van der Waals surface area contributed by atoms with E-state index in [0.29, 0.717) is 10.8 Å². The van der Waals surface area contributed by atoms with Crippen LogP contribution in [0.15, 0.2) is 0 Å². The number of hydrogen-bond donors (Lipinski definition) is 0. The van der Waals surface area contributed by atoms with Crippen LogP contribution < -0.4 is 0 Å². The van der Waals surface area contributed by atoms with Crippen molar-refractivity contribution < 1.29 is 4.43 Å². The molecule has 0 saturated heterocycles. The second-order valence-corrected chi connectivity index (χ2v) is 11.5. The molecule has 0 unspecified atom stereocenters. The first-order valence-corrected chi connectivity index (χ1v) is 9.23. The maximum absolute atomic E-state index is 6.20. The van der Waals surface area contributed by atoms with Crippen molar-refractivity contribution in [3.8, 4) is 0 Å². The van der Waals surface area contributed by atoms with E-state index in [1.54, 1.807) is 0 Å². The third kappa shape index (κ3) is 8.57. The van der Waals surface area contributed by atoms with Crippen LogP contribution in [-0.4, -0.2) is 32.6 Å². The molecule has 15 heavy (non-hydrogen) atoms. The van der Waals surface area contributed by atoms with E-state index in [9.17, 15) is 0 Å². The molecule has 0 radical (unpaired) electrons. The van der Waals surface area contributed by atoms with Gasteiger partial charge in [-0.05, 0) is 0 Å². The second kappa shape index (κ2) is 5.40.